The van der Waals surface area contributed by atoms with E-state index >= 15 is 0 Å². The Morgan fingerprint density at radius 3 is 2.19 bits per heavy atom. The van der Waals surface area contributed by atoms with Gasteiger partial charge in [0.05, 0.1) is 6.61 Å². The van der Waals surface area contributed by atoms with Gasteiger partial charge in [-0.05, 0) is 92.4 Å². The third-order valence-electron chi connectivity index (χ3n) is 8.12. The normalized spacial score (nSPS) is 32.8. The van der Waals surface area contributed by atoms with Crippen LogP contribution in [-0.4, -0.2) is 12.1 Å². The third kappa shape index (κ3) is 4.41. The first-order valence-corrected chi connectivity index (χ1v) is 12.5. The molecule has 3 nitrogen and oxygen atoms in total. The second kappa shape index (κ2) is 8.09. The number of aryl methyl sites for hydroxylation is 1. The van der Waals surface area contributed by atoms with Gasteiger partial charge in [-0.25, -0.2) is 0 Å². The predicted molar refractivity (Wildman–Crippen MR) is 130 cm³/mol. The SMILES string of the molecule is CCOc1cc(CNC23CC4C[C@@](C)(C2)C[C@](C)(C4)C3)ccc1OCc1ccc(C)cc1. The number of ether oxygens (including phenoxy) is 2. The van der Waals surface area contributed by atoms with Crippen LogP contribution >= 0.6 is 0 Å². The molecule has 172 valence electrons. The summed E-state index contributed by atoms with van der Waals surface area (Å²) in [5.74, 6) is 2.58. The zero-order chi connectivity index (χ0) is 22.4. The van der Waals surface area contributed by atoms with Crippen LogP contribution in [0.25, 0.3) is 0 Å². The van der Waals surface area contributed by atoms with Crippen molar-refractivity contribution in [1.82, 2.24) is 5.32 Å². The van der Waals surface area contributed by atoms with Gasteiger partial charge in [0.15, 0.2) is 11.5 Å². The van der Waals surface area contributed by atoms with Crippen molar-refractivity contribution in [3.8, 4) is 11.5 Å². The summed E-state index contributed by atoms with van der Waals surface area (Å²) < 4.78 is 12.1. The summed E-state index contributed by atoms with van der Waals surface area (Å²) in [7, 11) is 0. The fraction of sp³-hybridized carbons (Fsp3) is 0.586. The van der Waals surface area contributed by atoms with Gasteiger partial charge >= 0.3 is 0 Å². The van der Waals surface area contributed by atoms with Crippen molar-refractivity contribution in [3.05, 3.63) is 59.2 Å². The fourth-order valence-corrected chi connectivity index (χ4v) is 7.83. The lowest BCUT2D eigenvalue weighted by molar-refractivity contribution is -0.118. The molecule has 0 saturated heterocycles. The Morgan fingerprint density at radius 1 is 0.844 bits per heavy atom. The molecule has 0 heterocycles. The van der Waals surface area contributed by atoms with E-state index in [2.05, 4.69) is 68.6 Å². The number of benzene rings is 2. The minimum absolute atomic E-state index is 0.315. The summed E-state index contributed by atoms with van der Waals surface area (Å²) in [5.41, 5.74) is 5.10. The number of nitrogens with one attached hydrogen (secondary N) is 1. The van der Waals surface area contributed by atoms with Crippen LogP contribution in [0.15, 0.2) is 42.5 Å². The highest BCUT2D eigenvalue weighted by atomic mass is 16.5. The van der Waals surface area contributed by atoms with Gasteiger partial charge in [0.25, 0.3) is 0 Å². The molecular weight excluding hydrogens is 394 g/mol. The zero-order valence-corrected chi connectivity index (χ0v) is 20.3. The second-order valence-electron chi connectivity index (χ2n) is 11.8. The Bertz CT molecular complexity index is 948. The van der Waals surface area contributed by atoms with Crippen LogP contribution in [0.3, 0.4) is 0 Å². The molecule has 0 spiro atoms. The third-order valence-corrected chi connectivity index (χ3v) is 8.12. The summed E-state index contributed by atoms with van der Waals surface area (Å²) in [4.78, 5) is 0. The average molecular weight is 434 g/mol. The highest BCUT2D eigenvalue weighted by Crippen LogP contribution is 2.66. The van der Waals surface area contributed by atoms with Crippen molar-refractivity contribution in [1.29, 1.82) is 0 Å². The Morgan fingerprint density at radius 2 is 1.53 bits per heavy atom. The van der Waals surface area contributed by atoms with Crippen molar-refractivity contribution in [3.63, 3.8) is 0 Å². The Labute approximate surface area is 193 Å². The van der Waals surface area contributed by atoms with Gasteiger partial charge < -0.3 is 14.8 Å². The van der Waals surface area contributed by atoms with Gasteiger partial charge in [-0.1, -0.05) is 49.7 Å². The molecular formula is C29H39NO2. The number of hydrogen-bond donors (Lipinski definition) is 1. The van der Waals surface area contributed by atoms with Crippen LogP contribution < -0.4 is 14.8 Å². The van der Waals surface area contributed by atoms with Crippen molar-refractivity contribution >= 4 is 0 Å². The summed E-state index contributed by atoms with van der Waals surface area (Å²) in [6.45, 7) is 11.3. The maximum atomic E-state index is 6.13. The summed E-state index contributed by atoms with van der Waals surface area (Å²) in [6.07, 6.45) is 8.32. The van der Waals surface area contributed by atoms with E-state index in [0.29, 0.717) is 29.6 Å². The zero-order valence-electron chi connectivity index (χ0n) is 20.3. The molecule has 3 heteroatoms. The van der Waals surface area contributed by atoms with Gasteiger partial charge in [0.2, 0.25) is 0 Å². The lowest BCUT2D eigenvalue weighted by Crippen LogP contribution is -2.63. The van der Waals surface area contributed by atoms with Crippen LogP contribution in [0.5, 0.6) is 11.5 Å². The van der Waals surface area contributed by atoms with Crippen LogP contribution in [0, 0.1) is 23.7 Å². The van der Waals surface area contributed by atoms with Crippen LogP contribution in [-0.2, 0) is 13.2 Å². The molecule has 2 aromatic carbocycles. The van der Waals surface area contributed by atoms with E-state index in [1.54, 1.807) is 0 Å². The van der Waals surface area contributed by atoms with Gasteiger partial charge in [-0.3, -0.25) is 0 Å². The second-order valence-corrected chi connectivity index (χ2v) is 11.8. The molecule has 6 rings (SSSR count). The summed E-state index contributed by atoms with van der Waals surface area (Å²) in [6, 6.07) is 15.0. The highest BCUT2D eigenvalue weighted by Gasteiger charge is 2.59. The molecule has 4 bridgehead atoms. The van der Waals surface area contributed by atoms with Crippen molar-refractivity contribution in [2.45, 2.75) is 84.9 Å². The predicted octanol–water partition coefficient (Wildman–Crippen LogP) is 6.81. The smallest absolute Gasteiger partial charge is 0.161 e. The van der Waals surface area contributed by atoms with Crippen molar-refractivity contribution in [2.24, 2.45) is 16.7 Å². The van der Waals surface area contributed by atoms with Gasteiger partial charge in [-0.15, -0.1) is 0 Å². The first-order chi connectivity index (χ1) is 15.3. The Balaban J connectivity index is 1.27. The molecule has 0 aromatic heterocycles. The van der Waals surface area contributed by atoms with Crippen LogP contribution in [0.2, 0.25) is 0 Å². The molecule has 4 atom stereocenters. The van der Waals surface area contributed by atoms with Crippen molar-refractivity contribution in [2.75, 3.05) is 6.61 Å². The van der Waals surface area contributed by atoms with E-state index in [1.807, 2.05) is 6.92 Å². The fourth-order valence-electron chi connectivity index (χ4n) is 7.83. The topological polar surface area (TPSA) is 30.5 Å². The monoisotopic (exact) mass is 433 g/mol. The first kappa shape index (κ1) is 21.8. The van der Waals surface area contributed by atoms with E-state index in [0.717, 1.165) is 24.0 Å². The molecule has 0 aliphatic heterocycles. The molecule has 0 amide bonds. The van der Waals surface area contributed by atoms with Gasteiger partial charge in [0, 0.05) is 12.1 Å². The molecule has 4 aliphatic rings. The summed E-state index contributed by atoms with van der Waals surface area (Å²) >= 11 is 0. The maximum absolute atomic E-state index is 6.13. The van der Waals surface area contributed by atoms with Crippen LogP contribution in [0.4, 0.5) is 0 Å². The molecule has 32 heavy (non-hydrogen) atoms. The minimum Gasteiger partial charge on any atom is -0.490 e. The Kier molecular flexibility index (Phi) is 5.52. The largest absolute Gasteiger partial charge is 0.490 e. The molecule has 4 aliphatic carbocycles. The van der Waals surface area contributed by atoms with E-state index in [9.17, 15) is 0 Å². The molecule has 4 saturated carbocycles. The molecule has 2 unspecified atom stereocenters. The standard InChI is InChI=1S/C29H39NO2/c1-5-31-26-12-23(10-11-25(26)32-17-22-8-6-21(2)7-9-22)16-30-29-15-24-13-27(3,19-29)18-28(4,14-24)20-29/h6-12,24,30H,5,13-20H2,1-4H3/t24?,27-,28+,29?. The highest BCUT2D eigenvalue weighted by molar-refractivity contribution is 5.43. The maximum Gasteiger partial charge on any atom is 0.161 e. The van der Waals surface area contributed by atoms with Gasteiger partial charge in [0.1, 0.15) is 6.61 Å². The van der Waals surface area contributed by atoms with Gasteiger partial charge in [-0.2, -0.15) is 0 Å². The lowest BCUT2D eigenvalue weighted by atomic mass is 9.43. The Hall–Kier alpha value is -2.00. The molecule has 2 aromatic rings. The van der Waals surface area contributed by atoms with E-state index in [4.69, 9.17) is 9.47 Å². The number of hydrogen-bond acceptors (Lipinski definition) is 3. The average Bonchev–Trinajstić information content (AvgIpc) is 2.70. The van der Waals surface area contributed by atoms with E-state index in [1.165, 1.54) is 55.2 Å². The lowest BCUT2D eigenvalue weighted by Gasteiger charge is -2.65. The molecule has 4 fully saturated rings. The van der Waals surface area contributed by atoms with E-state index in [-0.39, 0.29) is 0 Å². The molecule has 0 radical (unpaired) electrons. The molecule has 1 N–H and O–H groups in total. The summed E-state index contributed by atoms with van der Waals surface area (Å²) in [5, 5.41) is 4.05. The van der Waals surface area contributed by atoms with Crippen LogP contribution in [0.1, 0.15) is 76.0 Å². The quantitative estimate of drug-likeness (QED) is 0.496. The van der Waals surface area contributed by atoms with E-state index < -0.39 is 0 Å². The number of rotatable bonds is 8. The first-order valence-electron chi connectivity index (χ1n) is 12.5. The van der Waals surface area contributed by atoms with Crippen molar-refractivity contribution < 1.29 is 9.47 Å². The minimum atomic E-state index is 0.315.